The molecule has 1 aliphatic carbocycles. The average Bonchev–Trinajstić information content (AvgIpc) is 3.44. The summed E-state index contributed by atoms with van der Waals surface area (Å²) in [5.41, 5.74) is 4.29. The van der Waals surface area contributed by atoms with Crippen molar-refractivity contribution in [1.82, 2.24) is 4.90 Å². The first-order valence-corrected chi connectivity index (χ1v) is 14.9. The molecule has 0 saturated carbocycles. The zero-order valence-electron chi connectivity index (χ0n) is 23.3. The van der Waals surface area contributed by atoms with Gasteiger partial charge in [-0.3, -0.25) is 19.3 Å². The number of carbonyl (C=O) groups is 3. The smallest absolute Gasteiger partial charge is 0.303 e. The summed E-state index contributed by atoms with van der Waals surface area (Å²) < 4.78 is 17.8. The minimum absolute atomic E-state index is 0.0959. The molecule has 10 heteroatoms. The lowest BCUT2D eigenvalue weighted by Crippen LogP contribution is -2.35. The average molecular weight is 668 g/mol. The van der Waals surface area contributed by atoms with E-state index in [0.717, 1.165) is 35.1 Å². The number of phenolic OH excluding ortho intramolecular Hbond substituents is 1. The summed E-state index contributed by atoms with van der Waals surface area (Å²) in [6.07, 6.45) is 5.88. The number of hydrogen-bond donors (Lipinski definition) is 2. The Bertz CT molecular complexity index is 1210. The van der Waals surface area contributed by atoms with E-state index in [1.165, 1.54) is 12.0 Å². The molecule has 2 fully saturated rings. The molecule has 2 heterocycles. The predicted molar refractivity (Wildman–Crippen MR) is 157 cm³/mol. The third-order valence-corrected chi connectivity index (χ3v) is 9.00. The number of fused-ring (bicyclic) bond motifs is 3. The van der Waals surface area contributed by atoms with Gasteiger partial charge in [0.05, 0.1) is 41.8 Å². The van der Waals surface area contributed by atoms with Gasteiger partial charge in [0, 0.05) is 26.0 Å². The maximum absolute atomic E-state index is 13.5. The molecule has 0 unspecified atom stereocenters. The number of allylic oxidation sites excluding steroid dienone is 1. The van der Waals surface area contributed by atoms with E-state index in [2.05, 4.69) is 35.6 Å². The number of ether oxygens (including phenoxy) is 3. The Kier molecular flexibility index (Phi) is 10.3. The minimum atomic E-state index is -0.833. The van der Waals surface area contributed by atoms with Gasteiger partial charge in [0.25, 0.3) is 0 Å². The van der Waals surface area contributed by atoms with Crippen LogP contribution in [-0.2, 0) is 23.9 Å². The second-order valence-corrected chi connectivity index (χ2v) is 12.0. The van der Waals surface area contributed by atoms with Gasteiger partial charge in [0.1, 0.15) is 0 Å². The molecule has 1 aromatic carbocycles. The monoisotopic (exact) mass is 667 g/mol. The standard InChI is InChI=1S/C30H38INO8/c1-17(11-18-12-22(31)28(35)24(13-18)39-3)8-9-23-26-19(15-38-2)14-20-27(21(26)16-40-23)30(37)32(29(20)36)10-6-4-5-7-25(33)34/h11-13,20-21,23,27,35H,4-10,14-16H2,1-3H3,(H,33,34)/b17-11+/t20-,21+,23-,27-/m1/s1. The fraction of sp³-hybridized carbons (Fsp3) is 0.567. The molecule has 2 saturated heterocycles. The molecule has 0 bridgehead atoms. The number of amides is 2. The summed E-state index contributed by atoms with van der Waals surface area (Å²) in [7, 11) is 3.18. The fourth-order valence-electron chi connectivity index (χ4n) is 6.34. The van der Waals surface area contributed by atoms with Gasteiger partial charge < -0.3 is 24.4 Å². The summed E-state index contributed by atoms with van der Waals surface area (Å²) >= 11 is 2.08. The normalized spacial score (nSPS) is 24.5. The zero-order chi connectivity index (χ0) is 29.0. The van der Waals surface area contributed by atoms with E-state index in [-0.39, 0.29) is 41.9 Å². The van der Waals surface area contributed by atoms with Crippen molar-refractivity contribution in [1.29, 1.82) is 0 Å². The number of methoxy groups -OCH3 is 2. The van der Waals surface area contributed by atoms with Crippen molar-refractivity contribution in [3.05, 3.63) is 38.0 Å². The van der Waals surface area contributed by atoms with Crippen molar-refractivity contribution in [2.75, 3.05) is 34.0 Å². The van der Waals surface area contributed by atoms with Gasteiger partial charge in [-0.1, -0.05) is 18.1 Å². The molecule has 218 valence electrons. The highest BCUT2D eigenvalue weighted by Gasteiger charge is 2.56. The Hall–Kier alpha value is -2.44. The van der Waals surface area contributed by atoms with Crippen LogP contribution in [0.25, 0.3) is 6.08 Å². The summed E-state index contributed by atoms with van der Waals surface area (Å²) in [5.74, 6) is -1.44. The van der Waals surface area contributed by atoms with Crippen LogP contribution in [0.2, 0.25) is 0 Å². The highest BCUT2D eigenvalue weighted by molar-refractivity contribution is 14.1. The van der Waals surface area contributed by atoms with E-state index in [1.54, 1.807) is 7.11 Å². The van der Waals surface area contributed by atoms with E-state index in [1.807, 2.05) is 12.1 Å². The molecule has 4 rings (SSSR count). The number of nitrogens with zero attached hydrogens (tertiary/aromatic N) is 1. The highest BCUT2D eigenvalue weighted by Crippen LogP contribution is 2.50. The molecule has 0 spiro atoms. The Morgan fingerprint density at radius 1 is 1.15 bits per heavy atom. The minimum Gasteiger partial charge on any atom is -0.504 e. The number of carboxylic acids is 1. The van der Waals surface area contributed by atoms with Crippen LogP contribution in [0.3, 0.4) is 0 Å². The second kappa shape index (κ2) is 13.5. The van der Waals surface area contributed by atoms with E-state index < -0.39 is 11.9 Å². The SMILES string of the molecule is COCC1=C2[C@@H](CC/C(C)=C/c3cc(I)c(O)c(OC)c3)OC[C@@H]2[C@@H]2C(=O)N(CCCCCC(=O)O)C(=O)[C@@H]2C1. The highest BCUT2D eigenvalue weighted by atomic mass is 127. The van der Waals surface area contributed by atoms with Gasteiger partial charge in [-0.05, 0) is 90.5 Å². The Balaban J connectivity index is 1.45. The van der Waals surface area contributed by atoms with Gasteiger partial charge in [-0.25, -0.2) is 0 Å². The molecule has 3 aliphatic rings. The number of carboxylic acid groups (broad SMARTS) is 1. The molecule has 4 atom stereocenters. The van der Waals surface area contributed by atoms with Crippen LogP contribution in [0.15, 0.2) is 28.9 Å². The number of likely N-dealkylation sites (tertiary alicyclic amines) is 1. The van der Waals surface area contributed by atoms with Gasteiger partial charge in [0.15, 0.2) is 11.5 Å². The number of hydrogen-bond acceptors (Lipinski definition) is 7. The van der Waals surface area contributed by atoms with Crippen LogP contribution in [0, 0.1) is 21.3 Å². The first kappa shape index (κ1) is 30.5. The molecule has 40 heavy (non-hydrogen) atoms. The fourth-order valence-corrected chi connectivity index (χ4v) is 6.96. The number of unbranched alkanes of at least 4 members (excludes halogenated alkanes) is 2. The van der Waals surface area contributed by atoms with Crippen LogP contribution in [-0.4, -0.2) is 73.0 Å². The number of halogens is 1. The molecule has 2 aliphatic heterocycles. The lowest BCUT2D eigenvalue weighted by molar-refractivity contribution is -0.141. The van der Waals surface area contributed by atoms with E-state index >= 15 is 0 Å². The van der Waals surface area contributed by atoms with Gasteiger partial charge in [0.2, 0.25) is 11.8 Å². The number of phenols is 1. The Labute approximate surface area is 248 Å². The quantitative estimate of drug-likeness (QED) is 0.133. The first-order chi connectivity index (χ1) is 19.2. The number of aliphatic carboxylic acids is 1. The molecular weight excluding hydrogens is 629 g/mol. The lowest BCUT2D eigenvalue weighted by Gasteiger charge is -2.31. The summed E-state index contributed by atoms with van der Waals surface area (Å²) in [5, 5.41) is 19.0. The van der Waals surface area contributed by atoms with Gasteiger partial charge >= 0.3 is 5.97 Å². The molecule has 0 radical (unpaired) electrons. The van der Waals surface area contributed by atoms with Crippen molar-refractivity contribution < 1.29 is 38.8 Å². The van der Waals surface area contributed by atoms with Crippen molar-refractivity contribution in [2.24, 2.45) is 17.8 Å². The topological polar surface area (TPSA) is 123 Å². The van der Waals surface area contributed by atoms with E-state index in [4.69, 9.17) is 19.3 Å². The Morgan fingerprint density at radius 3 is 2.62 bits per heavy atom. The molecule has 2 N–H and O–H groups in total. The van der Waals surface area contributed by atoms with Crippen molar-refractivity contribution in [3.63, 3.8) is 0 Å². The maximum atomic E-state index is 13.5. The number of aromatic hydroxyl groups is 1. The number of imide groups is 1. The largest absolute Gasteiger partial charge is 0.504 e. The number of benzene rings is 1. The van der Waals surface area contributed by atoms with Crippen molar-refractivity contribution >= 4 is 46.5 Å². The van der Waals surface area contributed by atoms with Crippen LogP contribution in [0.5, 0.6) is 11.5 Å². The maximum Gasteiger partial charge on any atom is 0.303 e. The molecule has 0 aromatic heterocycles. The number of rotatable bonds is 13. The summed E-state index contributed by atoms with van der Waals surface area (Å²) in [4.78, 5) is 38.9. The first-order valence-electron chi connectivity index (χ1n) is 13.8. The third kappa shape index (κ3) is 6.54. The van der Waals surface area contributed by atoms with Gasteiger partial charge in [-0.15, -0.1) is 0 Å². The van der Waals surface area contributed by atoms with Crippen LogP contribution >= 0.6 is 22.6 Å². The second-order valence-electron chi connectivity index (χ2n) is 10.9. The lowest BCUT2D eigenvalue weighted by atomic mass is 9.69. The van der Waals surface area contributed by atoms with Crippen LogP contribution < -0.4 is 4.74 Å². The van der Waals surface area contributed by atoms with E-state index in [9.17, 15) is 19.5 Å². The third-order valence-electron chi connectivity index (χ3n) is 8.17. The van der Waals surface area contributed by atoms with Gasteiger partial charge in [-0.2, -0.15) is 0 Å². The van der Waals surface area contributed by atoms with Crippen LogP contribution in [0.1, 0.15) is 57.4 Å². The zero-order valence-corrected chi connectivity index (χ0v) is 25.4. The number of carbonyl (C=O) groups excluding carboxylic acids is 2. The van der Waals surface area contributed by atoms with Crippen LogP contribution in [0.4, 0.5) is 0 Å². The van der Waals surface area contributed by atoms with E-state index in [0.29, 0.717) is 54.8 Å². The molecule has 2 amide bonds. The van der Waals surface area contributed by atoms with Crippen molar-refractivity contribution in [2.45, 2.75) is 58.0 Å². The molecular formula is C30H38INO8. The summed E-state index contributed by atoms with van der Waals surface area (Å²) in [6.45, 7) is 3.22. The van der Waals surface area contributed by atoms with Crippen molar-refractivity contribution in [3.8, 4) is 11.5 Å². The molecule has 9 nitrogen and oxygen atoms in total. The molecule has 1 aromatic rings. The summed E-state index contributed by atoms with van der Waals surface area (Å²) in [6, 6.07) is 3.72. The Morgan fingerprint density at radius 2 is 1.93 bits per heavy atom. The predicted octanol–water partition coefficient (Wildman–Crippen LogP) is 4.80.